The predicted molar refractivity (Wildman–Crippen MR) is 111 cm³/mol. The van der Waals surface area contributed by atoms with Gasteiger partial charge in [-0.15, -0.1) is 0 Å². The van der Waals surface area contributed by atoms with E-state index in [-0.39, 0.29) is 6.42 Å². The first-order chi connectivity index (χ1) is 12.4. The van der Waals surface area contributed by atoms with Crippen LogP contribution in [0.25, 0.3) is 0 Å². The van der Waals surface area contributed by atoms with E-state index in [9.17, 15) is 17.6 Å². The Balaban J connectivity index is 3.14. The Morgan fingerprint density at radius 3 is 1.15 bits per heavy atom. The Bertz CT molecular complexity index is 300. The molecule has 0 aliphatic carbocycles. The number of hydrogen-bond donors (Lipinski definition) is 0. The first-order valence-corrected chi connectivity index (χ1v) is 12.1. The van der Waals surface area contributed by atoms with Crippen LogP contribution < -0.4 is 0 Å². The monoisotopic (exact) mass is 510 g/mol. The summed E-state index contributed by atoms with van der Waals surface area (Å²) in [5.74, 6) is -3.80. The second kappa shape index (κ2) is 17.8. The zero-order chi connectivity index (χ0) is 19.7. The van der Waals surface area contributed by atoms with Crippen molar-refractivity contribution in [3.05, 3.63) is 0 Å². The smallest absolute Gasteiger partial charge is 0.204 e. The number of hydrogen-bond acceptors (Lipinski definition) is 0. The first kappa shape index (κ1) is 26.7. The Kier molecular flexibility index (Phi) is 18.2. The second-order valence-corrected chi connectivity index (χ2v) is 10.7. The normalized spacial score (nSPS) is 12.5. The third-order valence-corrected chi connectivity index (χ3v) is 5.67. The molecule has 0 aromatic rings. The van der Waals surface area contributed by atoms with Crippen LogP contribution >= 0.6 is 31.9 Å². The van der Waals surface area contributed by atoms with Crippen molar-refractivity contribution in [3.8, 4) is 0 Å². The van der Waals surface area contributed by atoms with Crippen molar-refractivity contribution < 1.29 is 17.6 Å². The van der Waals surface area contributed by atoms with Gasteiger partial charge in [-0.25, -0.2) is 17.6 Å². The Hall–Kier alpha value is 0.680. The van der Waals surface area contributed by atoms with E-state index < -0.39 is 18.8 Å². The summed E-state index contributed by atoms with van der Waals surface area (Å²) in [6.07, 6.45) is 13.9. The highest BCUT2D eigenvalue weighted by Crippen LogP contribution is 2.29. The molecule has 0 N–H and O–H groups in total. The Morgan fingerprint density at radius 2 is 0.846 bits per heavy atom. The maximum atomic E-state index is 12.7. The molecule has 0 aromatic heterocycles. The molecule has 0 bridgehead atoms. The van der Waals surface area contributed by atoms with Crippen LogP contribution in [0.1, 0.15) is 109 Å². The van der Waals surface area contributed by atoms with Crippen molar-refractivity contribution in [1.29, 1.82) is 0 Å². The van der Waals surface area contributed by atoms with Crippen molar-refractivity contribution >= 4 is 31.9 Å². The molecule has 0 radical (unpaired) electrons. The van der Waals surface area contributed by atoms with E-state index >= 15 is 0 Å². The van der Waals surface area contributed by atoms with Gasteiger partial charge in [0.2, 0.25) is 0 Å². The third kappa shape index (κ3) is 18.1. The molecule has 0 rings (SSSR count). The van der Waals surface area contributed by atoms with Gasteiger partial charge in [-0.3, -0.25) is 0 Å². The Labute approximate surface area is 174 Å². The van der Waals surface area contributed by atoms with E-state index in [4.69, 9.17) is 0 Å². The molecule has 0 aliphatic rings. The molecular weight excluding hydrogens is 476 g/mol. The van der Waals surface area contributed by atoms with Crippen molar-refractivity contribution in [1.82, 2.24) is 0 Å². The van der Waals surface area contributed by atoms with Gasteiger partial charge in [0, 0.05) is 6.42 Å². The number of alkyl halides is 6. The fraction of sp³-hybridized carbons (Fsp3) is 1.00. The molecule has 0 spiro atoms. The second-order valence-electron chi connectivity index (χ2n) is 7.29. The lowest BCUT2D eigenvalue weighted by molar-refractivity contribution is -0.133. The quantitative estimate of drug-likeness (QED) is 0.0919. The fourth-order valence-electron chi connectivity index (χ4n) is 3.07. The molecule has 0 nitrogen and oxygen atoms in total. The molecule has 0 unspecified atom stereocenters. The van der Waals surface area contributed by atoms with Crippen molar-refractivity contribution in [2.24, 2.45) is 0 Å². The molecular formula is C20H36Br2F4. The molecule has 0 aliphatic heterocycles. The molecule has 26 heavy (non-hydrogen) atoms. The highest BCUT2D eigenvalue weighted by molar-refractivity contribution is 9.24. The van der Waals surface area contributed by atoms with Crippen LogP contribution in [0.3, 0.4) is 0 Å². The number of unbranched alkanes of at least 4 members (excludes halogenated alkanes) is 14. The SMILES string of the molecule is FC(F)C(F)(F)CCCCCCCCCCCCCCCCCC(Br)Br. The van der Waals surface area contributed by atoms with Crippen LogP contribution in [-0.4, -0.2) is 16.1 Å². The molecule has 0 amide bonds. The van der Waals surface area contributed by atoms with Crippen LogP contribution in [-0.2, 0) is 0 Å². The van der Waals surface area contributed by atoms with Gasteiger partial charge >= 0.3 is 12.3 Å². The zero-order valence-corrected chi connectivity index (χ0v) is 19.1. The topological polar surface area (TPSA) is 0 Å². The summed E-state index contributed by atoms with van der Waals surface area (Å²) >= 11 is 6.99. The van der Waals surface area contributed by atoms with Crippen LogP contribution in [0.2, 0.25) is 0 Å². The van der Waals surface area contributed by atoms with Crippen LogP contribution in [0, 0.1) is 0 Å². The molecule has 0 atom stereocenters. The van der Waals surface area contributed by atoms with Crippen molar-refractivity contribution in [2.45, 2.75) is 125 Å². The van der Waals surface area contributed by atoms with Gasteiger partial charge in [0.25, 0.3) is 0 Å². The minimum absolute atomic E-state index is 0.199. The van der Waals surface area contributed by atoms with Gasteiger partial charge in [0.1, 0.15) is 0 Å². The van der Waals surface area contributed by atoms with Crippen molar-refractivity contribution in [3.63, 3.8) is 0 Å². The van der Waals surface area contributed by atoms with Gasteiger partial charge in [-0.1, -0.05) is 122 Å². The summed E-state index contributed by atoms with van der Waals surface area (Å²) in [4.78, 5) is 0. The minimum Gasteiger partial charge on any atom is -0.204 e. The lowest BCUT2D eigenvalue weighted by Gasteiger charge is -2.14. The van der Waals surface area contributed by atoms with Crippen LogP contribution in [0.5, 0.6) is 0 Å². The summed E-state index contributed by atoms with van der Waals surface area (Å²) in [7, 11) is 0. The van der Waals surface area contributed by atoms with Crippen LogP contribution in [0.4, 0.5) is 17.6 Å². The predicted octanol–water partition coefficient (Wildman–Crippen LogP) is 9.63. The standard InChI is InChI=1S/C20H36Br2F4/c21-18(22)16-14-12-10-8-6-4-2-1-3-5-7-9-11-13-15-17-20(25,26)19(23)24/h18-19H,1-17H2. The maximum Gasteiger partial charge on any atom is 0.307 e. The maximum absolute atomic E-state index is 12.7. The van der Waals surface area contributed by atoms with E-state index in [1.54, 1.807) is 0 Å². The molecule has 158 valence electrons. The average molecular weight is 512 g/mol. The summed E-state index contributed by atoms with van der Waals surface area (Å²) in [5.41, 5.74) is 0. The Morgan fingerprint density at radius 1 is 0.538 bits per heavy atom. The van der Waals surface area contributed by atoms with Gasteiger partial charge in [-0.2, -0.15) is 0 Å². The average Bonchev–Trinajstić information content (AvgIpc) is 2.57. The van der Waals surface area contributed by atoms with E-state index in [1.165, 1.54) is 70.6 Å². The summed E-state index contributed by atoms with van der Waals surface area (Å²) in [5, 5.41) is 0. The fourth-order valence-corrected chi connectivity index (χ4v) is 3.71. The van der Waals surface area contributed by atoms with Gasteiger partial charge in [0.15, 0.2) is 0 Å². The minimum atomic E-state index is -3.80. The molecule has 0 saturated heterocycles. The number of rotatable bonds is 19. The van der Waals surface area contributed by atoms with Gasteiger partial charge in [-0.05, 0) is 12.8 Å². The summed E-state index contributed by atoms with van der Waals surface area (Å²) in [6.45, 7) is 0. The highest BCUT2D eigenvalue weighted by atomic mass is 79.9. The van der Waals surface area contributed by atoms with Crippen molar-refractivity contribution in [2.75, 3.05) is 0 Å². The van der Waals surface area contributed by atoms with E-state index in [0.29, 0.717) is 10.2 Å². The largest absolute Gasteiger partial charge is 0.307 e. The highest BCUT2D eigenvalue weighted by Gasteiger charge is 2.39. The molecule has 0 heterocycles. The lowest BCUT2D eigenvalue weighted by atomic mass is 10.0. The van der Waals surface area contributed by atoms with Gasteiger partial charge in [0.05, 0.1) is 3.74 Å². The molecule has 0 fully saturated rings. The van der Waals surface area contributed by atoms with Gasteiger partial charge < -0.3 is 0 Å². The summed E-state index contributed by atoms with van der Waals surface area (Å²) < 4.78 is 49.8. The first-order valence-electron chi connectivity index (χ1n) is 10.3. The lowest BCUT2D eigenvalue weighted by Crippen LogP contribution is -2.25. The third-order valence-electron chi connectivity index (χ3n) is 4.75. The summed E-state index contributed by atoms with van der Waals surface area (Å²) in [6, 6.07) is 0. The van der Waals surface area contributed by atoms with E-state index in [2.05, 4.69) is 31.9 Å². The zero-order valence-electron chi connectivity index (χ0n) is 15.9. The van der Waals surface area contributed by atoms with E-state index in [0.717, 1.165) is 19.3 Å². The molecule has 6 heteroatoms. The molecule has 0 aromatic carbocycles. The van der Waals surface area contributed by atoms with E-state index in [1.807, 2.05) is 0 Å². The molecule has 0 saturated carbocycles. The number of halogens is 6. The van der Waals surface area contributed by atoms with Crippen LogP contribution in [0.15, 0.2) is 0 Å².